The van der Waals surface area contributed by atoms with Crippen molar-refractivity contribution in [1.82, 2.24) is 24.9 Å². The third kappa shape index (κ3) is 3.26. The summed E-state index contributed by atoms with van der Waals surface area (Å²) < 4.78 is 0. The van der Waals surface area contributed by atoms with Crippen LogP contribution in [-0.4, -0.2) is 75.0 Å². The van der Waals surface area contributed by atoms with E-state index in [9.17, 15) is 14.4 Å². The number of piperidine rings is 1. The van der Waals surface area contributed by atoms with Crippen LogP contribution in [0.1, 0.15) is 37.0 Å². The standard InChI is InChI=1S/C22H27N5O3/c1-15(2)14-27-21(30)25(3)20(29)22(27)7-9-26(10-8-22)19(28)17-6-4-5-16(11-17)18-12-23-24-13-18/h4-6,11-13,15H,7-10,14H2,1-3H3,(H,23,24). The maximum atomic E-state index is 13.1. The number of nitrogens with one attached hydrogen (secondary N) is 1. The molecule has 2 aromatic rings. The molecule has 1 aromatic carbocycles. The molecule has 2 saturated heterocycles. The second-order valence-electron chi connectivity index (χ2n) is 8.54. The Morgan fingerprint density at radius 3 is 2.57 bits per heavy atom. The van der Waals surface area contributed by atoms with Gasteiger partial charge >= 0.3 is 6.03 Å². The van der Waals surface area contributed by atoms with Crippen LogP contribution in [0.4, 0.5) is 4.79 Å². The predicted octanol–water partition coefficient (Wildman–Crippen LogP) is 2.60. The molecule has 2 aliphatic heterocycles. The number of urea groups is 1. The lowest BCUT2D eigenvalue weighted by Gasteiger charge is -2.42. The minimum atomic E-state index is -0.828. The number of aromatic amines is 1. The zero-order valence-electron chi connectivity index (χ0n) is 17.6. The summed E-state index contributed by atoms with van der Waals surface area (Å²) >= 11 is 0. The molecular formula is C22H27N5O3. The summed E-state index contributed by atoms with van der Waals surface area (Å²) in [4.78, 5) is 43.5. The third-order valence-electron chi connectivity index (χ3n) is 6.10. The van der Waals surface area contributed by atoms with Crippen molar-refractivity contribution in [2.75, 3.05) is 26.7 Å². The highest BCUT2D eigenvalue weighted by molar-refractivity contribution is 6.07. The Balaban J connectivity index is 1.51. The third-order valence-corrected chi connectivity index (χ3v) is 6.10. The number of likely N-dealkylation sites (N-methyl/N-ethyl adjacent to an activating group) is 1. The molecule has 1 spiro atoms. The highest BCUT2D eigenvalue weighted by Crippen LogP contribution is 2.37. The van der Waals surface area contributed by atoms with E-state index < -0.39 is 5.54 Å². The molecule has 4 amide bonds. The van der Waals surface area contributed by atoms with Crippen molar-refractivity contribution >= 4 is 17.8 Å². The molecule has 8 heteroatoms. The number of rotatable bonds is 4. The number of hydrogen-bond donors (Lipinski definition) is 1. The van der Waals surface area contributed by atoms with E-state index in [1.54, 1.807) is 35.3 Å². The fourth-order valence-corrected chi connectivity index (χ4v) is 4.48. The summed E-state index contributed by atoms with van der Waals surface area (Å²) in [5.74, 6) is 0.0494. The number of H-pyrrole nitrogens is 1. The second-order valence-corrected chi connectivity index (χ2v) is 8.54. The summed E-state index contributed by atoms with van der Waals surface area (Å²) in [6, 6.07) is 7.23. The number of benzene rings is 1. The molecule has 3 heterocycles. The topological polar surface area (TPSA) is 89.6 Å². The minimum absolute atomic E-state index is 0.0595. The van der Waals surface area contributed by atoms with Crippen molar-refractivity contribution in [2.24, 2.45) is 5.92 Å². The predicted molar refractivity (Wildman–Crippen MR) is 112 cm³/mol. The van der Waals surface area contributed by atoms with Crippen LogP contribution in [0.25, 0.3) is 11.1 Å². The first kappa shape index (κ1) is 20.1. The summed E-state index contributed by atoms with van der Waals surface area (Å²) in [5.41, 5.74) is 1.62. The van der Waals surface area contributed by atoms with Crippen molar-refractivity contribution in [3.8, 4) is 11.1 Å². The van der Waals surface area contributed by atoms with Crippen molar-refractivity contribution in [2.45, 2.75) is 32.2 Å². The smallest absolute Gasteiger partial charge is 0.327 e. The highest BCUT2D eigenvalue weighted by atomic mass is 16.2. The van der Waals surface area contributed by atoms with Crippen LogP contribution in [0.5, 0.6) is 0 Å². The lowest BCUT2D eigenvalue weighted by molar-refractivity contribution is -0.134. The fourth-order valence-electron chi connectivity index (χ4n) is 4.48. The van der Waals surface area contributed by atoms with Crippen LogP contribution >= 0.6 is 0 Å². The molecule has 30 heavy (non-hydrogen) atoms. The average Bonchev–Trinajstić information content (AvgIpc) is 3.35. The SMILES string of the molecule is CC(C)CN1C(=O)N(C)C(=O)C12CCN(C(=O)c1cccc(-c3cn[nH]c3)c1)CC2. The Bertz CT molecular complexity index is 961. The lowest BCUT2D eigenvalue weighted by Crippen LogP contribution is -2.58. The zero-order valence-corrected chi connectivity index (χ0v) is 17.6. The van der Waals surface area contributed by atoms with E-state index in [1.165, 1.54) is 4.90 Å². The largest absolute Gasteiger partial charge is 0.338 e. The fraction of sp³-hybridized carbons (Fsp3) is 0.455. The molecule has 1 aromatic heterocycles. The number of hydrogen-bond acceptors (Lipinski definition) is 4. The first-order chi connectivity index (χ1) is 14.3. The van der Waals surface area contributed by atoms with Gasteiger partial charge in [-0.15, -0.1) is 0 Å². The minimum Gasteiger partial charge on any atom is -0.338 e. The van der Waals surface area contributed by atoms with Gasteiger partial charge in [-0.2, -0.15) is 5.10 Å². The quantitative estimate of drug-likeness (QED) is 0.786. The van der Waals surface area contributed by atoms with E-state index in [0.29, 0.717) is 38.0 Å². The monoisotopic (exact) mass is 409 g/mol. The number of aromatic nitrogens is 2. The van der Waals surface area contributed by atoms with E-state index in [0.717, 1.165) is 11.1 Å². The van der Waals surface area contributed by atoms with Crippen molar-refractivity contribution in [3.05, 3.63) is 42.2 Å². The Labute approximate surface area is 175 Å². The van der Waals surface area contributed by atoms with E-state index in [-0.39, 0.29) is 23.8 Å². The normalized spacial score (nSPS) is 18.7. The van der Waals surface area contributed by atoms with Crippen LogP contribution in [0.15, 0.2) is 36.7 Å². The summed E-state index contributed by atoms with van der Waals surface area (Å²) in [6.45, 7) is 5.49. The van der Waals surface area contributed by atoms with Gasteiger partial charge in [-0.1, -0.05) is 26.0 Å². The van der Waals surface area contributed by atoms with Crippen molar-refractivity contribution in [1.29, 1.82) is 0 Å². The van der Waals surface area contributed by atoms with Gasteiger partial charge in [-0.05, 0) is 36.5 Å². The van der Waals surface area contributed by atoms with E-state index >= 15 is 0 Å². The molecule has 158 valence electrons. The Morgan fingerprint density at radius 2 is 1.93 bits per heavy atom. The number of imide groups is 1. The van der Waals surface area contributed by atoms with E-state index in [4.69, 9.17) is 0 Å². The second kappa shape index (κ2) is 7.59. The van der Waals surface area contributed by atoms with Gasteiger partial charge in [0.1, 0.15) is 5.54 Å². The van der Waals surface area contributed by atoms with Gasteiger partial charge in [0.05, 0.1) is 6.20 Å². The van der Waals surface area contributed by atoms with Gasteiger partial charge in [0.15, 0.2) is 0 Å². The Kier molecular flexibility index (Phi) is 5.09. The molecule has 0 saturated carbocycles. The van der Waals surface area contributed by atoms with Gasteiger partial charge < -0.3 is 9.80 Å². The first-order valence-electron chi connectivity index (χ1n) is 10.3. The average molecular weight is 409 g/mol. The Hall–Kier alpha value is -3.16. The number of likely N-dealkylation sites (tertiary alicyclic amines) is 1. The van der Waals surface area contributed by atoms with Crippen molar-refractivity contribution in [3.63, 3.8) is 0 Å². The molecule has 0 radical (unpaired) electrons. The molecule has 0 bridgehead atoms. The molecule has 8 nitrogen and oxygen atoms in total. The van der Waals surface area contributed by atoms with Crippen LogP contribution in [0.3, 0.4) is 0 Å². The number of carbonyl (C=O) groups is 3. The van der Waals surface area contributed by atoms with Crippen LogP contribution < -0.4 is 0 Å². The van der Waals surface area contributed by atoms with E-state index in [2.05, 4.69) is 10.2 Å². The van der Waals surface area contributed by atoms with Crippen molar-refractivity contribution < 1.29 is 14.4 Å². The molecule has 0 atom stereocenters. The zero-order chi connectivity index (χ0) is 21.5. The van der Waals surface area contributed by atoms with Gasteiger partial charge in [-0.25, -0.2) is 4.79 Å². The Morgan fingerprint density at radius 1 is 1.20 bits per heavy atom. The number of nitrogens with zero attached hydrogens (tertiary/aromatic N) is 4. The molecule has 2 fully saturated rings. The highest BCUT2D eigenvalue weighted by Gasteiger charge is 2.57. The molecule has 0 unspecified atom stereocenters. The van der Waals surface area contributed by atoms with Gasteiger partial charge in [0, 0.05) is 44.0 Å². The van der Waals surface area contributed by atoms with Gasteiger partial charge in [0.2, 0.25) is 0 Å². The molecule has 0 aliphatic carbocycles. The maximum absolute atomic E-state index is 13.1. The molecule has 2 aliphatic rings. The van der Waals surface area contributed by atoms with E-state index in [1.807, 2.05) is 32.0 Å². The van der Waals surface area contributed by atoms with Gasteiger partial charge in [-0.3, -0.25) is 19.6 Å². The number of carbonyl (C=O) groups excluding carboxylic acids is 3. The molecular weight excluding hydrogens is 382 g/mol. The summed E-state index contributed by atoms with van der Waals surface area (Å²) in [7, 11) is 1.55. The van der Waals surface area contributed by atoms with Crippen LogP contribution in [0, 0.1) is 5.92 Å². The van der Waals surface area contributed by atoms with Gasteiger partial charge in [0.25, 0.3) is 11.8 Å². The summed E-state index contributed by atoms with van der Waals surface area (Å²) in [6.07, 6.45) is 4.43. The van der Waals surface area contributed by atoms with Crippen LogP contribution in [-0.2, 0) is 4.79 Å². The van der Waals surface area contributed by atoms with Crippen LogP contribution in [0.2, 0.25) is 0 Å². The summed E-state index contributed by atoms with van der Waals surface area (Å²) in [5, 5.41) is 6.75. The molecule has 1 N–H and O–H groups in total. The number of amides is 4. The molecule has 4 rings (SSSR count). The maximum Gasteiger partial charge on any atom is 0.327 e. The first-order valence-corrected chi connectivity index (χ1v) is 10.3. The lowest BCUT2D eigenvalue weighted by atomic mass is 9.85.